The maximum Gasteiger partial charge on any atom is 0.160 e. The fourth-order valence-corrected chi connectivity index (χ4v) is 6.98. The van der Waals surface area contributed by atoms with Crippen LogP contribution >= 0.6 is 0 Å². The second kappa shape index (κ2) is 12.7. The van der Waals surface area contributed by atoms with Gasteiger partial charge in [0.1, 0.15) is 0 Å². The molecule has 0 spiro atoms. The minimum atomic E-state index is 0.704. The fraction of sp³-hybridized carbons (Fsp3) is 0. The van der Waals surface area contributed by atoms with Gasteiger partial charge in [-0.2, -0.15) is 0 Å². The molecule has 0 aliphatic rings. The van der Waals surface area contributed by atoms with Gasteiger partial charge in [-0.05, 0) is 61.5 Å². The number of hydrogen-bond acceptors (Lipinski definition) is 3. The maximum absolute atomic E-state index is 5.20. The van der Waals surface area contributed by atoms with Crippen LogP contribution in [0.15, 0.2) is 188 Å². The zero-order chi connectivity index (χ0) is 33.3. The van der Waals surface area contributed by atoms with Crippen molar-refractivity contribution in [3.05, 3.63) is 188 Å². The van der Waals surface area contributed by atoms with Gasteiger partial charge in [0.25, 0.3) is 0 Å². The highest BCUT2D eigenvalue weighted by Gasteiger charge is 2.17. The van der Waals surface area contributed by atoms with Gasteiger partial charge in [-0.1, -0.05) is 164 Å². The van der Waals surface area contributed by atoms with Crippen molar-refractivity contribution in [1.82, 2.24) is 15.0 Å². The SMILES string of the molecule is c1ccc(-c2ccc(-c3cc(-c4ccc(-c5ccc(-c6cccnc6)c6ccccc56)c5ccccc45)nc(-c4ccccc4)n3)cc2)cc1. The van der Waals surface area contributed by atoms with E-state index in [0.717, 1.165) is 39.0 Å². The molecule has 0 amide bonds. The maximum atomic E-state index is 5.20. The third-order valence-electron chi connectivity index (χ3n) is 9.43. The number of benzene rings is 7. The van der Waals surface area contributed by atoms with Crippen molar-refractivity contribution >= 4 is 21.5 Å². The summed E-state index contributed by atoms with van der Waals surface area (Å²) in [5.74, 6) is 0.704. The summed E-state index contributed by atoms with van der Waals surface area (Å²) in [6.07, 6.45) is 3.75. The third-order valence-corrected chi connectivity index (χ3v) is 9.43. The van der Waals surface area contributed by atoms with Crippen molar-refractivity contribution in [3.8, 4) is 67.3 Å². The van der Waals surface area contributed by atoms with E-state index in [4.69, 9.17) is 9.97 Å². The summed E-state index contributed by atoms with van der Waals surface area (Å²) in [5.41, 5.74) is 11.9. The molecule has 0 aliphatic heterocycles. The lowest BCUT2D eigenvalue weighted by molar-refractivity contribution is 1.18. The third kappa shape index (κ3) is 5.41. The van der Waals surface area contributed by atoms with Gasteiger partial charge in [-0.3, -0.25) is 4.98 Å². The quantitative estimate of drug-likeness (QED) is 0.182. The lowest BCUT2D eigenvalue weighted by atomic mass is 9.89. The first-order valence-corrected chi connectivity index (χ1v) is 16.9. The Morgan fingerprint density at radius 1 is 0.300 bits per heavy atom. The molecule has 2 heterocycles. The van der Waals surface area contributed by atoms with E-state index in [1.807, 2.05) is 42.7 Å². The van der Waals surface area contributed by atoms with Crippen LogP contribution in [0.1, 0.15) is 0 Å². The lowest BCUT2D eigenvalue weighted by Gasteiger charge is -2.16. The molecule has 2 aromatic heterocycles. The average Bonchev–Trinajstić information content (AvgIpc) is 3.21. The van der Waals surface area contributed by atoms with E-state index in [9.17, 15) is 0 Å². The summed E-state index contributed by atoms with van der Waals surface area (Å²) in [7, 11) is 0. The zero-order valence-electron chi connectivity index (χ0n) is 27.2. The van der Waals surface area contributed by atoms with Crippen LogP contribution in [0.3, 0.4) is 0 Å². The summed E-state index contributed by atoms with van der Waals surface area (Å²) in [6.45, 7) is 0. The molecule has 7 aromatic carbocycles. The number of fused-ring (bicyclic) bond motifs is 2. The Labute approximate surface area is 291 Å². The molecule has 9 aromatic rings. The molecular weight excluding hydrogens is 607 g/mol. The van der Waals surface area contributed by atoms with Crippen LogP contribution in [-0.4, -0.2) is 15.0 Å². The van der Waals surface area contributed by atoms with Gasteiger partial charge in [-0.15, -0.1) is 0 Å². The van der Waals surface area contributed by atoms with E-state index in [0.29, 0.717) is 5.82 Å². The van der Waals surface area contributed by atoms with Gasteiger partial charge < -0.3 is 0 Å². The van der Waals surface area contributed by atoms with E-state index in [-0.39, 0.29) is 0 Å². The summed E-state index contributed by atoms with van der Waals surface area (Å²) >= 11 is 0. The Bertz CT molecular complexity index is 2610. The van der Waals surface area contributed by atoms with Crippen molar-refractivity contribution in [2.24, 2.45) is 0 Å². The smallest absolute Gasteiger partial charge is 0.160 e. The van der Waals surface area contributed by atoms with Crippen molar-refractivity contribution in [2.45, 2.75) is 0 Å². The Balaban J connectivity index is 1.20. The van der Waals surface area contributed by atoms with Crippen molar-refractivity contribution in [2.75, 3.05) is 0 Å². The first-order chi connectivity index (χ1) is 24.8. The number of rotatable bonds is 6. The monoisotopic (exact) mass is 637 g/mol. The minimum Gasteiger partial charge on any atom is -0.264 e. The van der Waals surface area contributed by atoms with E-state index in [2.05, 4.69) is 151 Å². The van der Waals surface area contributed by atoms with Gasteiger partial charge >= 0.3 is 0 Å². The molecule has 0 radical (unpaired) electrons. The molecule has 0 fully saturated rings. The van der Waals surface area contributed by atoms with Crippen molar-refractivity contribution in [3.63, 3.8) is 0 Å². The van der Waals surface area contributed by atoms with E-state index in [1.54, 1.807) is 0 Å². The van der Waals surface area contributed by atoms with Crippen molar-refractivity contribution in [1.29, 1.82) is 0 Å². The molecule has 0 bridgehead atoms. The average molecular weight is 638 g/mol. The molecule has 9 rings (SSSR count). The second-order valence-electron chi connectivity index (χ2n) is 12.4. The molecule has 0 N–H and O–H groups in total. The fourth-order valence-electron chi connectivity index (χ4n) is 6.98. The Kier molecular flexibility index (Phi) is 7.49. The van der Waals surface area contributed by atoms with Gasteiger partial charge in [0, 0.05) is 34.6 Å². The second-order valence-corrected chi connectivity index (χ2v) is 12.4. The summed E-state index contributed by atoms with van der Waals surface area (Å²) in [5, 5.41) is 4.74. The van der Waals surface area contributed by atoms with Crippen LogP contribution in [0.2, 0.25) is 0 Å². The zero-order valence-corrected chi connectivity index (χ0v) is 27.2. The number of pyridine rings is 1. The van der Waals surface area contributed by atoms with Gasteiger partial charge in [0.15, 0.2) is 5.82 Å². The Hall–Kier alpha value is -6.71. The van der Waals surface area contributed by atoms with Gasteiger partial charge in [0.05, 0.1) is 11.4 Å². The summed E-state index contributed by atoms with van der Waals surface area (Å²) in [4.78, 5) is 14.7. The van der Waals surface area contributed by atoms with E-state index in [1.165, 1.54) is 44.0 Å². The number of hydrogen-bond donors (Lipinski definition) is 0. The normalized spacial score (nSPS) is 11.2. The molecule has 234 valence electrons. The molecule has 0 saturated carbocycles. The predicted molar refractivity (Wildman–Crippen MR) is 207 cm³/mol. The van der Waals surface area contributed by atoms with Gasteiger partial charge in [0.2, 0.25) is 0 Å². The molecule has 3 nitrogen and oxygen atoms in total. The summed E-state index contributed by atoms with van der Waals surface area (Å²) < 4.78 is 0. The van der Waals surface area contributed by atoms with Gasteiger partial charge in [-0.25, -0.2) is 9.97 Å². The highest BCUT2D eigenvalue weighted by atomic mass is 14.9. The van der Waals surface area contributed by atoms with Crippen LogP contribution in [0.4, 0.5) is 0 Å². The van der Waals surface area contributed by atoms with Crippen LogP contribution in [-0.2, 0) is 0 Å². The molecule has 0 aliphatic carbocycles. The van der Waals surface area contributed by atoms with E-state index >= 15 is 0 Å². The number of aromatic nitrogens is 3. The highest BCUT2D eigenvalue weighted by molar-refractivity contribution is 6.12. The van der Waals surface area contributed by atoms with E-state index < -0.39 is 0 Å². The molecule has 0 atom stereocenters. The van der Waals surface area contributed by atoms with Crippen LogP contribution in [0.25, 0.3) is 88.8 Å². The van der Waals surface area contributed by atoms with Crippen LogP contribution < -0.4 is 0 Å². The molecule has 3 heteroatoms. The Morgan fingerprint density at radius 3 is 1.38 bits per heavy atom. The Morgan fingerprint density at radius 2 is 0.760 bits per heavy atom. The predicted octanol–water partition coefficient (Wildman–Crippen LogP) is 12.2. The van der Waals surface area contributed by atoms with Crippen molar-refractivity contribution < 1.29 is 0 Å². The first kappa shape index (κ1) is 29.4. The molecule has 50 heavy (non-hydrogen) atoms. The molecular formula is C47H31N3. The minimum absolute atomic E-state index is 0.704. The molecule has 0 unspecified atom stereocenters. The standard InChI is InChI=1S/C47H31N3/c1-3-12-32(13-4-1)33-21-23-34(24-22-33)45-30-46(50-47(49-45)35-14-5-2-6-15-35)44-28-27-43(40-19-9-10-20-41(40)44)42-26-25-37(36-16-11-29-48-31-36)38-17-7-8-18-39(38)42/h1-31H. The van der Waals surface area contributed by atoms with Crippen LogP contribution in [0.5, 0.6) is 0 Å². The number of nitrogens with zero attached hydrogens (tertiary/aromatic N) is 3. The first-order valence-electron chi connectivity index (χ1n) is 16.9. The molecule has 0 saturated heterocycles. The summed E-state index contributed by atoms with van der Waals surface area (Å²) in [6, 6.07) is 61.9. The topological polar surface area (TPSA) is 38.7 Å². The largest absolute Gasteiger partial charge is 0.264 e. The highest BCUT2D eigenvalue weighted by Crippen LogP contribution is 2.41. The van der Waals surface area contributed by atoms with Crippen LogP contribution in [0, 0.1) is 0 Å². The lowest BCUT2D eigenvalue weighted by Crippen LogP contribution is -1.97.